The number of carbonyl (C=O) groups excluding carboxylic acids is 2. The fourth-order valence-corrected chi connectivity index (χ4v) is 5.52. The van der Waals surface area contributed by atoms with Gasteiger partial charge in [0, 0.05) is 38.6 Å². The van der Waals surface area contributed by atoms with Crippen LogP contribution in [0, 0.1) is 5.92 Å². The molecule has 1 saturated carbocycles. The van der Waals surface area contributed by atoms with E-state index in [2.05, 4.69) is 5.32 Å². The van der Waals surface area contributed by atoms with Gasteiger partial charge < -0.3 is 15.1 Å². The van der Waals surface area contributed by atoms with Crippen LogP contribution in [0.4, 0.5) is 31.1 Å². The second-order valence-electron chi connectivity index (χ2n) is 10.4. The number of hydrogen-bond acceptors (Lipinski definition) is 2. The molecule has 0 aromatic heterocycles. The summed E-state index contributed by atoms with van der Waals surface area (Å²) in [7, 11) is 1.35. The molecule has 2 atom stereocenters. The molecule has 3 amide bonds. The van der Waals surface area contributed by atoms with Gasteiger partial charge in [0.1, 0.15) is 0 Å². The van der Waals surface area contributed by atoms with Crippen LogP contribution in [0.3, 0.4) is 0 Å². The maximum absolute atomic E-state index is 13.6. The number of halogens is 6. The molecule has 0 unspecified atom stereocenters. The molecule has 2 aromatic carbocycles. The topological polar surface area (TPSA) is 52.7 Å². The summed E-state index contributed by atoms with van der Waals surface area (Å²) in [6.07, 6.45) is -4.97. The Kier molecular flexibility index (Phi) is 8.46. The summed E-state index contributed by atoms with van der Waals surface area (Å²) in [6.45, 7) is -0.0790. The van der Waals surface area contributed by atoms with Gasteiger partial charge >= 0.3 is 18.4 Å². The van der Waals surface area contributed by atoms with E-state index < -0.39 is 41.8 Å². The molecule has 5 nitrogen and oxygen atoms in total. The van der Waals surface area contributed by atoms with Crippen molar-refractivity contribution in [3.8, 4) is 0 Å². The maximum atomic E-state index is 13.6. The number of alkyl halides is 6. The molecule has 11 heteroatoms. The molecule has 1 saturated heterocycles. The predicted molar refractivity (Wildman–Crippen MR) is 133 cm³/mol. The second-order valence-corrected chi connectivity index (χ2v) is 10.4. The van der Waals surface area contributed by atoms with E-state index in [1.54, 1.807) is 4.90 Å². The SMILES string of the molecule is CN(Cc1cc(C(F)(F)F)cc(C(F)(F)F)c1)C(=O)[C@H]1CN(C(=O)NC2CCCCC2)C[C@@H]1c1ccccc1. The van der Waals surface area contributed by atoms with Crippen molar-refractivity contribution in [2.45, 2.75) is 63.0 Å². The van der Waals surface area contributed by atoms with E-state index in [1.165, 1.54) is 7.05 Å². The third-order valence-electron chi connectivity index (χ3n) is 7.53. The van der Waals surface area contributed by atoms with Crippen molar-refractivity contribution in [1.82, 2.24) is 15.1 Å². The number of amides is 3. The summed E-state index contributed by atoms with van der Waals surface area (Å²) in [6, 6.07) is 10.3. The molecular weight excluding hydrogens is 524 g/mol. The van der Waals surface area contributed by atoms with E-state index in [1.807, 2.05) is 30.3 Å². The number of benzene rings is 2. The summed E-state index contributed by atoms with van der Waals surface area (Å²) in [5, 5.41) is 3.05. The molecule has 1 N–H and O–H groups in total. The summed E-state index contributed by atoms with van der Waals surface area (Å²) in [5.41, 5.74) is -2.31. The van der Waals surface area contributed by atoms with Crippen molar-refractivity contribution >= 4 is 11.9 Å². The summed E-state index contributed by atoms with van der Waals surface area (Å²) in [5.74, 6) is -1.53. The quantitative estimate of drug-likeness (QED) is 0.432. The zero-order valence-corrected chi connectivity index (χ0v) is 21.5. The average Bonchev–Trinajstić information content (AvgIpc) is 3.34. The molecule has 39 heavy (non-hydrogen) atoms. The molecule has 2 aromatic rings. The third kappa shape index (κ3) is 7.05. The Balaban J connectivity index is 1.54. The van der Waals surface area contributed by atoms with Gasteiger partial charge in [0.2, 0.25) is 5.91 Å². The number of nitrogens with one attached hydrogen (secondary N) is 1. The van der Waals surface area contributed by atoms with Crippen molar-refractivity contribution in [2.75, 3.05) is 20.1 Å². The molecule has 212 valence electrons. The zero-order valence-electron chi connectivity index (χ0n) is 21.5. The normalized spacial score (nSPS) is 20.6. The zero-order chi connectivity index (χ0) is 28.4. The van der Waals surface area contributed by atoms with Crippen LogP contribution < -0.4 is 5.32 Å². The van der Waals surface area contributed by atoms with Gasteiger partial charge in [-0.05, 0) is 42.2 Å². The molecule has 1 aliphatic heterocycles. The molecule has 4 rings (SSSR count). The Morgan fingerprint density at radius 3 is 2.05 bits per heavy atom. The third-order valence-corrected chi connectivity index (χ3v) is 7.53. The first-order chi connectivity index (χ1) is 18.3. The van der Waals surface area contributed by atoms with Crippen molar-refractivity contribution in [1.29, 1.82) is 0 Å². The first kappa shape index (κ1) is 28.8. The highest BCUT2D eigenvalue weighted by molar-refractivity contribution is 5.83. The second kappa shape index (κ2) is 11.5. The van der Waals surface area contributed by atoms with Crippen LogP contribution in [0.2, 0.25) is 0 Å². The van der Waals surface area contributed by atoms with Crippen molar-refractivity contribution in [2.24, 2.45) is 5.92 Å². The van der Waals surface area contributed by atoms with Gasteiger partial charge in [-0.1, -0.05) is 49.6 Å². The maximum Gasteiger partial charge on any atom is 0.416 e. The lowest BCUT2D eigenvalue weighted by Crippen LogP contribution is -2.45. The number of likely N-dealkylation sites (tertiary alicyclic amines) is 1. The highest BCUT2D eigenvalue weighted by atomic mass is 19.4. The van der Waals surface area contributed by atoms with E-state index >= 15 is 0 Å². The van der Waals surface area contributed by atoms with Crippen LogP contribution in [0.1, 0.15) is 60.3 Å². The monoisotopic (exact) mass is 555 g/mol. The van der Waals surface area contributed by atoms with Crippen LogP contribution in [0.25, 0.3) is 0 Å². The van der Waals surface area contributed by atoms with E-state index in [4.69, 9.17) is 0 Å². The summed E-state index contributed by atoms with van der Waals surface area (Å²) >= 11 is 0. The Bertz CT molecular complexity index is 1130. The fourth-order valence-electron chi connectivity index (χ4n) is 5.52. The summed E-state index contributed by atoms with van der Waals surface area (Å²) < 4.78 is 79.9. The Labute approximate surface area is 223 Å². The predicted octanol–water partition coefficient (Wildman–Crippen LogP) is 6.44. The van der Waals surface area contributed by atoms with Gasteiger partial charge in [-0.25, -0.2) is 4.79 Å². The smallest absolute Gasteiger partial charge is 0.341 e. The Hall–Kier alpha value is -3.24. The standard InChI is InChI=1S/C28H31F6N3O2/c1-36(15-18-12-20(27(29,30)31)14-21(13-18)28(32,33)34)25(38)24-17-37(16-23(24)19-8-4-2-5-9-19)26(39)35-22-10-6-3-7-11-22/h2,4-5,8-9,12-14,22-24H,3,6-7,10-11,15-17H2,1H3,(H,35,39)/t23-,24+/m1/s1. The van der Waals surface area contributed by atoms with Crippen molar-refractivity contribution in [3.05, 3.63) is 70.8 Å². The molecule has 0 spiro atoms. The van der Waals surface area contributed by atoms with E-state index in [0.29, 0.717) is 12.1 Å². The van der Waals surface area contributed by atoms with Gasteiger partial charge in [0.15, 0.2) is 0 Å². The average molecular weight is 556 g/mol. The van der Waals surface area contributed by atoms with Crippen molar-refractivity contribution < 1.29 is 35.9 Å². The van der Waals surface area contributed by atoms with Gasteiger partial charge in [0.05, 0.1) is 17.0 Å². The van der Waals surface area contributed by atoms with E-state index in [9.17, 15) is 35.9 Å². The van der Waals surface area contributed by atoms with Gasteiger partial charge in [0.25, 0.3) is 0 Å². The Morgan fingerprint density at radius 1 is 0.897 bits per heavy atom. The molecule has 0 radical (unpaired) electrons. The highest BCUT2D eigenvalue weighted by Crippen LogP contribution is 2.38. The van der Waals surface area contributed by atoms with E-state index in [-0.39, 0.29) is 42.7 Å². The molecular formula is C28H31F6N3O2. The number of hydrogen-bond donors (Lipinski definition) is 1. The summed E-state index contributed by atoms with van der Waals surface area (Å²) in [4.78, 5) is 29.4. The highest BCUT2D eigenvalue weighted by Gasteiger charge is 2.42. The van der Waals surface area contributed by atoms with Crippen molar-refractivity contribution in [3.63, 3.8) is 0 Å². The van der Waals surface area contributed by atoms with Crippen LogP contribution in [-0.2, 0) is 23.7 Å². The first-order valence-corrected chi connectivity index (χ1v) is 13.0. The van der Waals surface area contributed by atoms with E-state index in [0.717, 1.165) is 42.6 Å². The van der Waals surface area contributed by atoms with Crippen LogP contribution >= 0.6 is 0 Å². The number of carbonyl (C=O) groups is 2. The molecule has 1 aliphatic carbocycles. The minimum absolute atomic E-state index is 0.0660. The number of urea groups is 1. The minimum Gasteiger partial charge on any atom is -0.341 e. The van der Waals surface area contributed by atoms with Crippen LogP contribution in [-0.4, -0.2) is 47.9 Å². The van der Waals surface area contributed by atoms with Crippen LogP contribution in [0.5, 0.6) is 0 Å². The lowest BCUT2D eigenvalue weighted by molar-refractivity contribution is -0.143. The lowest BCUT2D eigenvalue weighted by atomic mass is 9.88. The van der Waals surface area contributed by atoms with Crippen LogP contribution in [0.15, 0.2) is 48.5 Å². The number of nitrogens with zero attached hydrogens (tertiary/aromatic N) is 2. The largest absolute Gasteiger partial charge is 0.416 e. The molecule has 0 bridgehead atoms. The fraction of sp³-hybridized carbons (Fsp3) is 0.500. The molecule has 2 aliphatic rings. The first-order valence-electron chi connectivity index (χ1n) is 13.0. The van der Waals surface area contributed by atoms with Gasteiger partial charge in [-0.2, -0.15) is 26.3 Å². The van der Waals surface area contributed by atoms with Gasteiger partial charge in [-0.15, -0.1) is 0 Å². The minimum atomic E-state index is -4.98. The number of rotatable bonds is 5. The lowest BCUT2D eigenvalue weighted by Gasteiger charge is -2.26. The van der Waals surface area contributed by atoms with Gasteiger partial charge in [-0.3, -0.25) is 4.79 Å². The molecule has 2 fully saturated rings. The Morgan fingerprint density at radius 2 is 1.49 bits per heavy atom. The molecule has 1 heterocycles.